The van der Waals surface area contributed by atoms with Crippen LogP contribution in [0.2, 0.25) is 0 Å². The van der Waals surface area contributed by atoms with Crippen LogP contribution in [-0.2, 0) is 36.7 Å². The van der Waals surface area contributed by atoms with Gasteiger partial charge >= 0.3 is 11.9 Å². The molecule has 2 aliphatic rings. The van der Waals surface area contributed by atoms with E-state index in [4.69, 9.17) is 29.7 Å². The van der Waals surface area contributed by atoms with Gasteiger partial charge in [-0.05, 0) is 115 Å². The number of esters is 2. The predicted molar refractivity (Wildman–Crippen MR) is 161 cm³/mol. The van der Waals surface area contributed by atoms with Gasteiger partial charge in [-0.15, -0.1) is 0 Å². The van der Waals surface area contributed by atoms with E-state index in [0.29, 0.717) is 18.6 Å². The van der Waals surface area contributed by atoms with Crippen LogP contribution in [-0.4, -0.2) is 52.7 Å². The van der Waals surface area contributed by atoms with Crippen molar-refractivity contribution in [1.29, 1.82) is 0 Å². The molecule has 0 amide bonds. The van der Waals surface area contributed by atoms with Crippen LogP contribution in [0.15, 0.2) is 45.3 Å². The molecule has 2 heterocycles. The molecule has 0 saturated heterocycles. The molecule has 2 aromatic rings. The van der Waals surface area contributed by atoms with Crippen LogP contribution >= 0.6 is 31.9 Å². The second-order valence-corrected chi connectivity index (χ2v) is 13.8. The standard InChI is InChI=1S/C15H20BrNO4.C15H19BrO4/c1-15(2,3)20-14(18)13(21-17)12-6-4-9-8-10(16)5-7-11(9)19-12;1-15(2,3)20-14(18)13(17)12-6-4-9-8-10(16)5-7-11(9)19-12/h5,7-8,12-13H,4,6,17H2,1-3H3;5,7-8,12-13,17H,4,6H2,1-3H3. The number of rotatable bonds is 5. The molecule has 0 radical (unpaired) electrons. The fourth-order valence-corrected chi connectivity index (χ4v) is 5.18. The van der Waals surface area contributed by atoms with E-state index in [9.17, 15) is 14.7 Å². The van der Waals surface area contributed by atoms with E-state index < -0.39 is 47.6 Å². The second-order valence-electron chi connectivity index (χ2n) is 12.0. The van der Waals surface area contributed by atoms with Gasteiger partial charge in [0.15, 0.2) is 6.10 Å². The summed E-state index contributed by atoms with van der Waals surface area (Å²) in [7, 11) is 0. The van der Waals surface area contributed by atoms with Crippen molar-refractivity contribution in [3.63, 3.8) is 0 Å². The van der Waals surface area contributed by atoms with Gasteiger partial charge in [-0.25, -0.2) is 15.5 Å². The number of ether oxygens (including phenoxy) is 4. The predicted octanol–water partition coefficient (Wildman–Crippen LogP) is 5.59. The highest BCUT2D eigenvalue weighted by atomic mass is 79.9. The molecule has 0 aromatic heterocycles. The van der Waals surface area contributed by atoms with Crippen LogP contribution < -0.4 is 15.4 Å². The van der Waals surface area contributed by atoms with Gasteiger partial charge in [0.1, 0.15) is 34.9 Å². The molecule has 0 saturated carbocycles. The Kier molecular flexibility index (Phi) is 11.3. The minimum absolute atomic E-state index is 0.446. The molecule has 4 atom stereocenters. The smallest absolute Gasteiger partial charge is 0.341 e. The highest BCUT2D eigenvalue weighted by Crippen LogP contribution is 2.33. The summed E-state index contributed by atoms with van der Waals surface area (Å²) in [4.78, 5) is 28.8. The average Bonchev–Trinajstić information content (AvgIpc) is 2.86. The lowest BCUT2D eigenvalue weighted by Crippen LogP contribution is -2.46. The largest absolute Gasteiger partial charge is 0.487 e. The van der Waals surface area contributed by atoms with Gasteiger partial charge in [0.05, 0.1) is 0 Å². The average molecular weight is 701 g/mol. The van der Waals surface area contributed by atoms with Gasteiger partial charge < -0.3 is 24.1 Å². The van der Waals surface area contributed by atoms with Crippen molar-refractivity contribution in [3.8, 4) is 11.5 Å². The first kappa shape index (κ1) is 33.3. The molecular weight excluding hydrogens is 662 g/mol. The summed E-state index contributed by atoms with van der Waals surface area (Å²) in [5.74, 6) is 5.60. The number of aliphatic hydroxyl groups is 1. The molecule has 0 spiro atoms. The Balaban J connectivity index is 0.000000226. The van der Waals surface area contributed by atoms with Crippen molar-refractivity contribution in [2.24, 2.45) is 5.90 Å². The fraction of sp³-hybridized carbons (Fsp3) is 0.533. The minimum atomic E-state index is -1.26. The van der Waals surface area contributed by atoms with Gasteiger partial charge in [-0.1, -0.05) is 31.9 Å². The Bertz CT molecular complexity index is 1220. The summed E-state index contributed by atoms with van der Waals surface area (Å²) in [6, 6.07) is 11.5. The highest BCUT2D eigenvalue weighted by Gasteiger charge is 2.37. The van der Waals surface area contributed by atoms with E-state index in [-0.39, 0.29) is 0 Å². The van der Waals surface area contributed by atoms with E-state index in [1.54, 1.807) is 41.5 Å². The van der Waals surface area contributed by atoms with Gasteiger partial charge in [0.2, 0.25) is 6.10 Å². The third-order valence-electron chi connectivity index (χ3n) is 6.12. The third-order valence-corrected chi connectivity index (χ3v) is 7.11. The summed E-state index contributed by atoms with van der Waals surface area (Å²) in [6.07, 6.45) is -0.403. The van der Waals surface area contributed by atoms with E-state index in [2.05, 4.69) is 31.9 Å². The van der Waals surface area contributed by atoms with E-state index in [1.807, 2.05) is 36.4 Å². The number of aryl methyl sites for hydroxylation is 2. The van der Waals surface area contributed by atoms with Gasteiger partial charge in [0.25, 0.3) is 0 Å². The molecular formula is C30H39Br2NO8. The first-order valence-electron chi connectivity index (χ1n) is 13.5. The number of aliphatic hydroxyl groups excluding tert-OH is 1. The number of fused-ring (bicyclic) bond motifs is 2. The molecule has 9 nitrogen and oxygen atoms in total. The fourth-order valence-electron chi connectivity index (χ4n) is 4.36. The summed E-state index contributed by atoms with van der Waals surface area (Å²) in [5.41, 5.74) is 0.966. The van der Waals surface area contributed by atoms with Crippen LogP contribution in [0.4, 0.5) is 0 Å². The monoisotopic (exact) mass is 699 g/mol. The molecule has 2 aliphatic heterocycles. The first-order chi connectivity index (χ1) is 19.1. The molecule has 2 aromatic carbocycles. The van der Waals surface area contributed by atoms with Gasteiger partial charge in [0, 0.05) is 8.95 Å². The van der Waals surface area contributed by atoms with Crippen LogP contribution in [0.25, 0.3) is 0 Å². The molecule has 0 aliphatic carbocycles. The van der Waals surface area contributed by atoms with E-state index in [0.717, 1.165) is 38.7 Å². The van der Waals surface area contributed by atoms with Crippen molar-refractivity contribution in [1.82, 2.24) is 0 Å². The maximum absolute atomic E-state index is 12.1. The van der Waals surface area contributed by atoms with Crippen molar-refractivity contribution < 1.29 is 38.5 Å². The summed E-state index contributed by atoms with van der Waals surface area (Å²) < 4.78 is 24.1. The Morgan fingerprint density at radius 3 is 1.73 bits per heavy atom. The molecule has 0 bridgehead atoms. The Morgan fingerprint density at radius 2 is 1.27 bits per heavy atom. The van der Waals surface area contributed by atoms with Crippen molar-refractivity contribution in [2.75, 3.05) is 0 Å². The lowest BCUT2D eigenvalue weighted by Gasteiger charge is -2.31. The molecule has 11 heteroatoms. The molecule has 41 heavy (non-hydrogen) atoms. The Labute approximate surface area is 258 Å². The second kappa shape index (κ2) is 13.9. The van der Waals surface area contributed by atoms with Crippen LogP contribution in [0.5, 0.6) is 11.5 Å². The topological polar surface area (TPSA) is 127 Å². The zero-order valence-corrected chi connectivity index (χ0v) is 27.4. The van der Waals surface area contributed by atoms with E-state index in [1.165, 1.54) is 0 Å². The molecule has 4 unspecified atom stereocenters. The quantitative estimate of drug-likeness (QED) is 0.303. The molecule has 226 valence electrons. The zero-order chi connectivity index (χ0) is 30.5. The Morgan fingerprint density at radius 1 is 0.829 bits per heavy atom. The van der Waals surface area contributed by atoms with Crippen molar-refractivity contribution in [2.45, 2.75) is 103 Å². The van der Waals surface area contributed by atoms with Crippen molar-refractivity contribution >= 4 is 43.8 Å². The number of hydrogen-bond donors (Lipinski definition) is 2. The summed E-state index contributed by atoms with van der Waals surface area (Å²) in [6.45, 7) is 10.7. The van der Waals surface area contributed by atoms with Crippen LogP contribution in [0, 0.1) is 0 Å². The van der Waals surface area contributed by atoms with E-state index >= 15 is 0 Å². The van der Waals surface area contributed by atoms with Crippen molar-refractivity contribution in [3.05, 3.63) is 56.5 Å². The number of nitrogens with two attached hydrogens (primary N) is 1. The minimum Gasteiger partial charge on any atom is -0.487 e. The number of hydrogen-bond acceptors (Lipinski definition) is 9. The number of carbonyl (C=O) groups excluding carboxylic acids is 2. The Hall–Kier alpha value is -2.18. The lowest BCUT2D eigenvalue weighted by atomic mass is 9.99. The lowest BCUT2D eigenvalue weighted by molar-refractivity contribution is -0.176. The van der Waals surface area contributed by atoms with Crippen LogP contribution in [0.1, 0.15) is 65.5 Å². The van der Waals surface area contributed by atoms with Gasteiger partial charge in [-0.3, -0.25) is 4.84 Å². The number of halogens is 2. The molecule has 3 N–H and O–H groups in total. The highest BCUT2D eigenvalue weighted by molar-refractivity contribution is 9.10. The number of carbonyl (C=O) groups is 2. The number of benzene rings is 2. The van der Waals surface area contributed by atoms with Crippen LogP contribution in [0.3, 0.4) is 0 Å². The SMILES string of the molecule is CC(C)(C)OC(=O)C(O)C1CCc2cc(Br)ccc2O1.CC(C)(C)OC(=O)C(ON)C1CCc2cc(Br)ccc2O1. The first-order valence-corrected chi connectivity index (χ1v) is 15.0. The summed E-state index contributed by atoms with van der Waals surface area (Å²) in [5, 5.41) is 10.1. The molecule has 4 rings (SSSR count). The maximum atomic E-state index is 12.1. The zero-order valence-electron chi connectivity index (χ0n) is 24.2. The maximum Gasteiger partial charge on any atom is 0.341 e. The van der Waals surface area contributed by atoms with Gasteiger partial charge in [-0.2, -0.15) is 0 Å². The molecule has 0 fully saturated rings. The third kappa shape index (κ3) is 9.95. The normalized spacial score (nSPS) is 19.6. The summed E-state index contributed by atoms with van der Waals surface area (Å²) >= 11 is 6.84.